The number of nitrogens with one attached hydrogen (secondary N) is 2. The first-order valence-electron chi connectivity index (χ1n) is 6.69. The minimum absolute atomic E-state index is 0.0888. The Kier molecular flexibility index (Phi) is 5.16. The summed E-state index contributed by atoms with van der Waals surface area (Å²) in [6.45, 7) is 1.57. The molecule has 0 heterocycles. The lowest BCUT2D eigenvalue weighted by molar-refractivity contribution is -0.115. The van der Waals surface area contributed by atoms with Crippen LogP contribution in [0.2, 0.25) is 0 Å². The van der Waals surface area contributed by atoms with Crippen molar-refractivity contribution in [3.63, 3.8) is 0 Å². The van der Waals surface area contributed by atoms with Gasteiger partial charge < -0.3 is 10.6 Å². The van der Waals surface area contributed by atoms with E-state index < -0.39 is 23.5 Å². The molecule has 2 N–H and O–H groups in total. The van der Waals surface area contributed by atoms with Crippen molar-refractivity contribution in [1.82, 2.24) is 5.32 Å². The highest BCUT2D eigenvalue weighted by atomic mass is 19.1. The summed E-state index contributed by atoms with van der Waals surface area (Å²) in [4.78, 5) is 11.7. The number of carbonyl (C=O) groups excluding carboxylic acids is 1. The zero-order valence-corrected chi connectivity index (χ0v) is 11.9. The third-order valence-corrected chi connectivity index (χ3v) is 3.11. The van der Waals surface area contributed by atoms with Gasteiger partial charge in [0.25, 0.3) is 0 Å². The van der Waals surface area contributed by atoms with Crippen molar-refractivity contribution in [1.29, 1.82) is 0 Å². The number of amides is 1. The zero-order valence-electron chi connectivity index (χ0n) is 11.9. The number of rotatable bonds is 5. The number of halogens is 3. The van der Waals surface area contributed by atoms with Gasteiger partial charge in [0.2, 0.25) is 5.91 Å². The van der Waals surface area contributed by atoms with Crippen LogP contribution in [0.15, 0.2) is 42.5 Å². The maximum Gasteiger partial charge on any atom is 0.238 e. The van der Waals surface area contributed by atoms with Crippen molar-refractivity contribution >= 4 is 11.6 Å². The largest absolute Gasteiger partial charge is 0.325 e. The Bertz CT molecular complexity index is 676. The highest BCUT2D eigenvalue weighted by molar-refractivity contribution is 5.92. The van der Waals surface area contributed by atoms with Crippen LogP contribution in [0.1, 0.15) is 18.5 Å². The number of hydrogen-bond donors (Lipinski definition) is 2. The van der Waals surface area contributed by atoms with Gasteiger partial charge in [0.1, 0.15) is 17.5 Å². The van der Waals surface area contributed by atoms with Gasteiger partial charge in [0, 0.05) is 23.4 Å². The van der Waals surface area contributed by atoms with Gasteiger partial charge >= 0.3 is 0 Å². The molecular formula is C16H15F3N2O. The van der Waals surface area contributed by atoms with Crippen molar-refractivity contribution < 1.29 is 18.0 Å². The molecule has 0 fully saturated rings. The molecule has 0 bridgehead atoms. The van der Waals surface area contributed by atoms with Gasteiger partial charge in [0.15, 0.2) is 0 Å². The lowest BCUT2D eigenvalue weighted by Gasteiger charge is -2.15. The van der Waals surface area contributed by atoms with Gasteiger partial charge in [-0.2, -0.15) is 0 Å². The second-order valence-electron chi connectivity index (χ2n) is 4.83. The molecular weight excluding hydrogens is 293 g/mol. The Morgan fingerprint density at radius 1 is 1.09 bits per heavy atom. The van der Waals surface area contributed by atoms with E-state index in [0.717, 1.165) is 12.1 Å². The Hall–Kier alpha value is -2.34. The molecule has 22 heavy (non-hydrogen) atoms. The number of hydrogen-bond acceptors (Lipinski definition) is 2. The van der Waals surface area contributed by atoms with Crippen LogP contribution >= 0.6 is 0 Å². The van der Waals surface area contributed by atoms with Crippen molar-refractivity contribution in [2.24, 2.45) is 0 Å². The summed E-state index contributed by atoms with van der Waals surface area (Å²) in [5, 5.41) is 5.34. The molecule has 0 aliphatic heterocycles. The van der Waals surface area contributed by atoms with Gasteiger partial charge in [-0.3, -0.25) is 4.79 Å². The van der Waals surface area contributed by atoms with Gasteiger partial charge in [0.05, 0.1) is 6.54 Å². The lowest BCUT2D eigenvalue weighted by Crippen LogP contribution is -2.30. The molecule has 0 aromatic heterocycles. The molecule has 0 unspecified atom stereocenters. The lowest BCUT2D eigenvalue weighted by atomic mass is 10.1. The number of benzene rings is 2. The van der Waals surface area contributed by atoms with Gasteiger partial charge in [-0.25, -0.2) is 13.2 Å². The fraction of sp³-hybridized carbons (Fsp3) is 0.188. The highest BCUT2D eigenvalue weighted by Crippen LogP contribution is 2.17. The summed E-state index contributed by atoms with van der Waals surface area (Å²) in [7, 11) is 0. The highest BCUT2D eigenvalue weighted by Gasteiger charge is 2.13. The molecule has 2 aromatic carbocycles. The Labute approximate surface area is 126 Å². The molecule has 6 heteroatoms. The van der Waals surface area contributed by atoms with Crippen molar-refractivity contribution in [3.05, 3.63) is 65.5 Å². The minimum Gasteiger partial charge on any atom is -0.325 e. The van der Waals surface area contributed by atoms with E-state index in [1.165, 1.54) is 24.3 Å². The quantitative estimate of drug-likeness (QED) is 0.889. The predicted octanol–water partition coefficient (Wildman–Crippen LogP) is 3.39. The standard InChI is InChI=1S/C16H15F3N2O/c1-10(14-6-5-12(18)8-15(14)19)20-9-16(22)21-13-4-2-3-11(17)7-13/h2-8,10,20H,9H2,1H3,(H,21,22)/t10-/m1/s1. The van der Waals surface area contributed by atoms with Crippen molar-refractivity contribution in [2.75, 3.05) is 11.9 Å². The third-order valence-electron chi connectivity index (χ3n) is 3.11. The van der Waals surface area contributed by atoms with Gasteiger partial charge in [-0.1, -0.05) is 12.1 Å². The van der Waals surface area contributed by atoms with Crippen LogP contribution in [0.3, 0.4) is 0 Å². The molecule has 1 atom stereocenters. The summed E-state index contributed by atoms with van der Waals surface area (Å²) in [6, 6.07) is 8.31. The molecule has 0 aliphatic rings. The normalized spacial score (nSPS) is 12.0. The van der Waals surface area contributed by atoms with E-state index in [4.69, 9.17) is 0 Å². The summed E-state index contributed by atoms with van der Waals surface area (Å²) in [6.07, 6.45) is 0. The fourth-order valence-electron chi connectivity index (χ4n) is 1.98. The molecule has 2 rings (SSSR count). The van der Waals surface area contributed by atoms with Gasteiger partial charge in [-0.05, 0) is 31.2 Å². The van der Waals surface area contributed by atoms with Crippen LogP contribution in [0.25, 0.3) is 0 Å². The molecule has 116 valence electrons. The zero-order chi connectivity index (χ0) is 16.1. The van der Waals surface area contributed by atoms with Crippen LogP contribution in [-0.4, -0.2) is 12.5 Å². The van der Waals surface area contributed by atoms with E-state index in [9.17, 15) is 18.0 Å². The van der Waals surface area contributed by atoms with Crippen molar-refractivity contribution in [2.45, 2.75) is 13.0 Å². The molecule has 2 aromatic rings. The molecule has 0 saturated carbocycles. The average molecular weight is 308 g/mol. The first-order valence-corrected chi connectivity index (χ1v) is 6.69. The Morgan fingerprint density at radius 2 is 1.82 bits per heavy atom. The summed E-state index contributed by atoms with van der Waals surface area (Å²) in [5.41, 5.74) is 0.604. The maximum absolute atomic E-state index is 13.6. The van der Waals surface area contributed by atoms with Crippen LogP contribution in [0.4, 0.5) is 18.9 Å². The Morgan fingerprint density at radius 3 is 2.50 bits per heavy atom. The second kappa shape index (κ2) is 7.09. The van der Waals surface area contributed by atoms with Crippen LogP contribution in [-0.2, 0) is 4.79 Å². The molecule has 0 aliphatic carbocycles. The van der Waals surface area contributed by atoms with E-state index in [1.54, 1.807) is 13.0 Å². The SMILES string of the molecule is C[C@@H](NCC(=O)Nc1cccc(F)c1)c1ccc(F)cc1F. The molecule has 3 nitrogen and oxygen atoms in total. The number of carbonyl (C=O) groups is 1. The molecule has 0 saturated heterocycles. The monoisotopic (exact) mass is 308 g/mol. The summed E-state index contributed by atoms with van der Waals surface area (Å²) >= 11 is 0. The van der Waals surface area contributed by atoms with E-state index in [1.807, 2.05) is 0 Å². The van der Waals surface area contributed by atoms with E-state index in [-0.39, 0.29) is 18.0 Å². The minimum atomic E-state index is -0.675. The topological polar surface area (TPSA) is 41.1 Å². The summed E-state index contributed by atoms with van der Waals surface area (Å²) < 4.78 is 39.4. The first-order chi connectivity index (χ1) is 10.5. The number of anilines is 1. The van der Waals surface area contributed by atoms with E-state index in [2.05, 4.69) is 10.6 Å². The average Bonchev–Trinajstić information content (AvgIpc) is 2.45. The first kappa shape index (κ1) is 16.0. The Balaban J connectivity index is 1.90. The molecule has 0 radical (unpaired) electrons. The third kappa shape index (κ3) is 4.33. The van der Waals surface area contributed by atoms with E-state index in [0.29, 0.717) is 5.69 Å². The van der Waals surface area contributed by atoms with Crippen LogP contribution < -0.4 is 10.6 Å². The van der Waals surface area contributed by atoms with Crippen LogP contribution in [0, 0.1) is 17.5 Å². The molecule has 1 amide bonds. The van der Waals surface area contributed by atoms with Gasteiger partial charge in [-0.15, -0.1) is 0 Å². The van der Waals surface area contributed by atoms with E-state index >= 15 is 0 Å². The summed E-state index contributed by atoms with van der Waals surface area (Å²) in [5.74, 6) is -2.17. The maximum atomic E-state index is 13.6. The van der Waals surface area contributed by atoms with Crippen molar-refractivity contribution in [3.8, 4) is 0 Å². The van der Waals surface area contributed by atoms with Crippen LogP contribution in [0.5, 0.6) is 0 Å². The molecule has 0 spiro atoms. The fourth-order valence-corrected chi connectivity index (χ4v) is 1.98. The predicted molar refractivity (Wildman–Crippen MR) is 77.8 cm³/mol. The smallest absolute Gasteiger partial charge is 0.238 e. The second-order valence-corrected chi connectivity index (χ2v) is 4.83.